The van der Waals surface area contributed by atoms with E-state index in [1.54, 1.807) is 58.2 Å². The van der Waals surface area contributed by atoms with E-state index in [1.165, 1.54) is 22.5 Å². The minimum atomic E-state index is -3.90. The standard InChI is InChI=1S/C29H31Cl2NO6S/c1-29(2,3)38-28(33)18-36-26-10-6-7-22-23(26)8-5-9-25(22)32(4)39(34,35)21-15-16-27(24(31)17-21)37-20-13-11-19(30)12-14-20/h6-7,10-17,25H,5,8-9,18H2,1-4H3/t25-/m1/s1. The van der Waals surface area contributed by atoms with Crippen LogP contribution in [0.15, 0.2) is 65.6 Å². The summed E-state index contributed by atoms with van der Waals surface area (Å²) in [6.07, 6.45) is 2.12. The van der Waals surface area contributed by atoms with Crippen molar-refractivity contribution in [3.05, 3.63) is 81.8 Å². The molecule has 0 spiro atoms. The van der Waals surface area contributed by atoms with Crippen LogP contribution in [-0.4, -0.2) is 37.9 Å². The zero-order chi connectivity index (χ0) is 28.4. The highest BCUT2D eigenvalue weighted by molar-refractivity contribution is 7.89. The fourth-order valence-corrected chi connectivity index (χ4v) is 6.30. The average molecular weight is 593 g/mol. The van der Waals surface area contributed by atoms with Gasteiger partial charge in [-0.25, -0.2) is 13.2 Å². The van der Waals surface area contributed by atoms with Crippen LogP contribution in [0.1, 0.15) is 50.8 Å². The van der Waals surface area contributed by atoms with E-state index in [0.29, 0.717) is 35.1 Å². The predicted molar refractivity (Wildman–Crippen MR) is 151 cm³/mol. The van der Waals surface area contributed by atoms with Gasteiger partial charge in [0.25, 0.3) is 0 Å². The lowest BCUT2D eigenvalue weighted by Crippen LogP contribution is -2.33. The number of benzene rings is 3. The Hall–Kier alpha value is -2.78. The lowest BCUT2D eigenvalue weighted by atomic mass is 9.87. The Balaban J connectivity index is 1.53. The molecule has 4 rings (SSSR count). The smallest absolute Gasteiger partial charge is 0.344 e. The van der Waals surface area contributed by atoms with E-state index in [2.05, 4.69) is 0 Å². The summed E-state index contributed by atoms with van der Waals surface area (Å²) in [6.45, 7) is 5.16. The third kappa shape index (κ3) is 7.06. The van der Waals surface area contributed by atoms with Crippen LogP contribution >= 0.6 is 23.2 Å². The van der Waals surface area contributed by atoms with Gasteiger partial charge >= 0.3 is 5.97 Å². The maximum atomic E-state index is 13.7. The fourth-order valence-electron chi connectivity index (χ4n) is 4.50. The van der Waals surface area contributed by atoms with Crippen LogP contribution in [0, 0.1) is 0 Å². The third-order valence-electron chi connectivity index (χ3n) is 6.26. The minimum Gasteiger partial charge on any atom is -0.482 e. The number of halogens is 2. The molecule has 1 aliphatic carbocycles. The molecule has 3 aromatic rings. The summed E-state index contributed by atoms with van der Waals surface area (Å²) in [6, 6.07) is 16.3. The SMILES string of the molecule is CN([C@@H]1CCCc2c(OCC(=O)OC(C)(C)C)cccc21)S(=O)(=O)c1ccc(Oc2ccc(Cl)cc2)c(Cl)c1. The predicted octanol–water partition coefficient (Wildman–Crippen LogP) is 7.20. The highest BCUT2D eigenvalue weighted by atomic mass is 35.5. The Bertz CT molecular complexity index is 1450. The number of hydrogen-bond acceptors (Lipinski definition) is 6. The second-order valence-electron chi connectivity index (χ2n) is 10.3. The molecule has 208 valence electrons. The summed E-state index contributed by atoms with van der Waals surface area (Å²) in [4.78, 5) is 12.2. The van der Waals surface area contributed by atoms with E-state index in [1.807, 2.05) is 12.1 Å². The van der Waals surface area contributed by atoms with E-state index >= 15 is 0 Å². The van der Waals surface area contributed by atoms with E-state index in [4.69, 9.17) is 37.4 Å². The third-order valence-corrected chi connectivity index (χ3v) is 8.67. The molecule has 10 heteroatoms. The number of rotatable bonds is 8. The Morgan fingerprint density at radius 2 is 1.74 bits per heavy atom. The zero-order valence-corrected chi connectivity index (χ0v) is 24.6. The second-order valence-corrected chi connectivity index (χ2v) is 13.1. The molecule has 0 saturated heterocycles. The first kappa shape index (κ1) is 29.2. The van der Waals surface area contributed by atoms with Crippen molar-refractivity contribution in [2.24, 2.45) is 0 Å². The number of carbonyl (C=O) groups is 1. The van der Waals surface area contributed by atoms with Crippen molar-refractivity contribution in [1.29, 1.82) is 0 Å². The number of ether oxygens (including phenoxy) is 3. The van der Waals surface area contributed by atoms with Gasteiger partial charge in [0.2, 0.25) is 10.0 Å². The number of sulfonamides is 1. The molecule has 0 bridgehead atoms. The molecular formula is C29H31Cl2NO6S. The molecule has 7 nitrogen and oxygen atoms in total. The number of fused-ring (bicyclic) bond motifs is 1. The van der Waals surface area contributed by atoms with Gasteiger partial charge in [-0.05, 0) is 99.7 Å². The zero-order valence-electron chi connectivity index (χ0n) is 22.2. The van der Waals surface area contributed by atoms with Crippen LogP contribution in [0.3, 0.4) is 0 Å². The van der Waals surface area contributed by atoms with Gasteiger partial charge in [-0.2, -0.15) is 4.31 Å². The van der Waals surface area contributed by atoms with Gasteiger partial charge in [0, 0.05) is 12.1 Å². The largest absolute Gasteiger partial charge is 0.482 e. The van der Waals surface area contributed by atoms with Gasteiger partial charge in [-0.3, -0.25) is 0 Å². The maximum absolute atomic E-state index is 13.7. The topological polar surface area (TPSA) is 82.1 Å². The Morgan fingerprint density at radius 1 is 1.03 bits per heavy atom. The van der Waals surface area contributed by atoms with Crippen LogP contribution in [-0.2, 0) is 26.0 Å². The van der Waals surface area contributed by atoms with Crippen LogP contribution < -0.4 is 9.47 Å². The van der Waals surface area contributed by atoms with Crippen molar-refractivity contribution in [2.75, 3.05) is 13.7 Å². The van der Waals surface area contributed by atoms with Crippen molar-refractivity contribution in [3.8, 4) is 17.2 Å². The summed E-state index contributed by atoms with van der Waals surface area (Å²) in [5, 5.41) is 0.741. The molecule has 0 radical (unpaired) electrons. The molecule has 1 atom stereocenters. The lowest BCUT2D eigenvalue weighted by Gasteiger charge is -2.33. The molecule has 0 amide bonds. The first-order chi connectivity index (χ1) is 18.3. The summed E-state index contributed by atoms with van der Waals surface area (Å²) < 4.78 is 45.6. The molecule has 0 aliphatic heterocycles. The first-order valence-corrected chi connectivity index (χ1v) is 14.7. The van der Waals surface area contributed by atoms with Crippen LogP contribution in [0.4, 0.5) is 0 Å². The summed E-state index contributed by atoms with van der Waals surface area (Å²) >= 11 is 12.3. The van der Waals surface area contributed by atoms with E-state index in [9.17, 15) is 13.2 Å². The maximum Gasteiger partial charge on any atom is 0.344 e. The first-order valence-electron chi connectivity index (χ1n) is 12.5. The highest BCUT2D eigenvalue weighted by Gasteiger charge is 2.33. The molecule has 0 fully saturated rings. The average Bonchev–Trinajstić information content (AvgIpc) is 2.88. The quantitative estimate of drug-likeness (QED) is 0.257. The number of esters is 1. The molecular weight excluding hydrogens is 561 g/mol. The molecule has 39 heavy (non-hydrogen) atoms. The van der Waals surface area contributed by atoms with E-state index < -0.39 is 27.6 Å². The van der Waals surface area contributed by atoms with Gasteiger partial charge in [-0.15, -0.1) is 0 Å². The molecule has 3 aromatic carbocycles. The van der Waals surface area contributed by atoms with Crippen molar-refractivity contribution >= 4 is 39.2 Å². The molecule has 0 saturated carbocycles. The van der Waals surface area contributed by atoms with Crippen LogP contribution in [0.25, 0.3) is 0 Å². The summed E-state index contributed by atoms with van der Waals surface area (Å²) in [5.41, 5.74) is 1.13. The number of carbonyl (C=O) groups excluding carboxylic acids is 1. The van der Waals surface area contributed by atoms with Crippen molar-refractivity contribution in [3.63, 3.8) is 0 Å². The molecule has 0 heterocycles. The summed E-state index contributed by atoms with van der Waals surface area (Å²) in [5.74, 6) is 0.945. The number of hydrogen-bond donors (Lipinski definition) is 0. The van der Waals surface area contributed by atoms with Crippen LogP contribution in [0.5, 0.6) is 17.2 Å². The fraction of sp³-hybridized carbons (Fsp3) is 0.345. The van der Waals surface area contributed by atoms with Gasteiger partial charge < -0.3 is 14.2 Å². The van der Waals surface area contributed by atoms with Crippen LogP contribution in [0.2, 0.25) is 10.0 Å². The molecule has 0 unspecified atom stereocenters. The van der Waals surface area contributed by atoms with Gasteiger partial charge in [0.15, 0.2) is 6.61 Å². The van der Waals surface area contributed by atoms with E-state index in [0.717, 1.165) is 17.5 Å². The van der Waals surface area contributed by atoms with Gasteiger partial charge in [-0.1, -0.05) is 35.3 Å². The lowest BCUT2D eigenvalue weighted by molar-refractivity contribution is -0.157. The van der Waals surface area contributed by atoms with E-state index in [-0.39, 0.29) is 16.5 Å². The molecule has 0 N–H and O–H groups in total. The minimum absolute atomic E-state index is 0.0582. The molecule has 0 aromatic heterocycles. The monoisotopic (exact) mass is 591 g/mol. The van der Waals surface area contributed by atoms with Crippen molar-refractivity contribution in [1.82, 2.24) is 4.31 Å². The second kappa shape index (κ2) is 11.8. The summed E-state index contributed by atoms with van der Waals surface area (Å²) in [7, 11) is -2.33. The Kier molecular flexibility index (Phi) is 8.81. The Labute approximate surface area is 239 Å². The van der Waals surface area contributed by atoms with Gasteiger partial charge in [0.05, 0.1) is 16.0 Å². The Morgan fingerprint density at radius 3 is 2.41 bits per heavy atom. The van der Waals surface area contributed by atoms with Gasteiger partial charge in [0.1, 0.15) is 22.8 Å². The van der Waals surface area contributed by atoms with Crippen molar-refractivity contribution < 1.29 is 27.4 Å². The molecule has 1 aliphatic rings. The number of nitrogens with zero attached hydrogens (tertiary/aromatic N) is 1. The normalized spacial score (nSPS) is 15.5. The highest BCUT2D eigenvalue weighted by Crippen LogP contribution is 2.41. The van der Waals surface area contributed by atoms with Crippen molar-refractivity contribution in [2.45, 2.75) is 56.6 Å².